The Balaban J connectivity index is 1.55. The number of rotatable bonds is 4. The molecule has 0 atom stereocenters. The molecule has 0 bridgehead atoms. The Bertz CT molecular complexity index is 1210. The van der Waals surface area contributed by atoms with Gasteiger partial charge in [-0.25, -0.2) is 9.67 Å². The summed E-state index contributed by atoms with van der Waals surface area (Å²) >= 11 is 0. The van der Waals surface area contributed by atoms with Crippen LogP contribution in [0.2, 0.25) is 0 Å². The molecule has 1 aromatic carbocycles. The number of pyridine rings is 1. The second kappa shape index (κ2) is 9.16. The minimum atomic E-state index is -5.03. The van der Waals surface area contributed by atoms with Crippen LogP contribution in [0.1, 0.15) is 44.8 Å². The van der Waals surface area contributed by atoms with Crippen molar-refractivity contribution >= 4 is 11.7 Å². The van der Waals surface area contributed by atoms with Crippen LogP contribution in [0.15, 0.2) is 54.9 Å². The van der Waals surface area contributed by atoms with E-state index in [9.17, 15) is 35.9 Å². The highest BCUT2D eigenvalue weighted by atomic mass is 19.4. The van der Waals surface area contributed by atoms with Gasteiger partial charge < -0.3 is 4.90 Å². The Morgan fingerprint density at radius 1 is 0.857 bits per heavy atom. The third kappa shape index (κ3) is 5.05. The predicted octanol–water partition coefficient (Wildman–Crippen LogP) is 5.04. The highest BCUT2D eigenvalue weighted by molar-refractivity contribution is 5.98. The summed E-state index contributed by atoms with van der Waals surface area (Å²) in [5.74, 6) is -1.89. The van der Waals surface area contributed by atoms with Crippen LogP contribution in [0, 0.1) is 5.92 Å². The van der Waals surface area contributed by atoms with E-state index in [4.69, 9.17) is 0 Å². The molecule has 1 saturated heterocycles. The molecule has 0 radical (unpaired) electrons. The number of halogens is 6. The van der Waals surface area contributed by atoms with E-state index in [0.717, 1.165) is 12.3 Å². The quantitative estimate of drug-likeness (QED) is 0.375. The summed E-state index contributed by atoms with van der Waals surface area (Å²) in [6.45, 7) is 0.145. The van der Waals surface area contributed by atoms with Gasteiger partial charge in [0.1, 0.15) is 0 Å². The predicted molar refractivity (Wildman–Crippen MR) is 111 cm³/mol. The maximum atomic E-state index is 13.9. The lowest BCUT2D eigenvalue weighted by atomic mass is 9.88. The Hall–Kier alpha value is -3.70. The highest BCUT2D eigenvalue weighted by Gasteiger charge is 2.42. The maximum absolute atomic E-state index is 13.9. The van der Waals surface area contributed by atoms with Gasteiger partial charge in [-0.05, 0) is 25.0 Å². The first-order valence-corrected chi connectivity index (χ1v) is 10.5. The average Bonchev–Trinajstić information content (AvgIpc) is 3.29. The molecule has 0 N–H and O–H groups in total. The Morgan fingerprint density at radius 2 is 1.51 bits per heavy atom. The van der Waals surface area contributed by atoms with Crippen LogP contribution in [0.25, 0.3) is 5.82 Å². The summed E-state index contributed by atoms with van der Waals surface area (Å²) in [5, 5.41) is 3.59. The first-order chi connectivity index (χ1) is 16.5. The van der Waals surface area contributed by atoms with Crippen LogP contribution in [0.5, 0.6) is 0 Å². The first-order valence-electron chi connectivity index (χ1n) is 10.5. The molecule has 1 amide bonds. The van der Waals surface area contributed by atoms with Crippen LogP contribution >= 0.6 is 0 Å². The van der Waals surface area contributed by atoms with Crippen molar-refractivity contribution in [1.82, 2.24) is 19.7 Å². The fraction of sp³-hybridized carbons (Fsp3) is 0.304. The van der Waals surface area contributed by atoms with E-state index in [-0.39, 0.29) is 37.6 Å². The molecule has 1 fully saturated rings. The van der Waals surface area contributed by atoms with Gasteiger partial charge in [-0.2, -0.15) is 31.4 Å². The maximum Gasteiger partial charge on any atom is 0.434 e. The molecule has 0 aliphatic carbocycles. The third-order valence-electron chi connectivity index (χ3n) is 5.77. The zero-order valence-electron chi connectivity index (χ0n) is 18.0. The fourth-order valence-electron chi connectivity index (χ4n) is 3.98. The van der Waals surface area contributed by atoms with Crippen LogP contribution in [0.3, 0.4) is 0 Å². The van der Waals surface area contributed by atoms with Crippen LogP contribution < -0.4 is 0 Å². The normalized spacial score (nSPS) is 15.3. The van der Waals surface area contributed by atoms with Gasteiger partial charge in [-0.1, -0.05) is 30.3 Å². The van der Waals surface area contributed by atoms with E-state index in [0.29, 0.717) is 22.5 Å². The van der Waals surface area contributed by atoms with Crippen molar-refractivity contribution in [2.45, 2.75) is 25.2 Å². The number of benzene rings is 1. The minimum Gasteiger partial charge on any atom is -0.338 e. The fourth-order valence-corrected chi connectivity index (χ4v) is 3.98. The first kappa shape index (κ1) is 24.4. The van der Waals surface area contributed by atoms with Crippen LogP contribution in [0.4, 0.5) is 26.3 Å². The van der Waals surface area contributed by atoms with E-state index >= 15 is 0 Å². The van der Waals surface area contributed by atoms with Gasteiger partial charge >= 0.3 is 12.4 Å². The highest BCUT2D eigenvalue weighted by Crippen LogP contribution is 2.35. The number of alkyl halides is 6. The van der Waals surface area contributed by atoms with E-state index in [1.165, 1.54) is 4.90 Å². The summed E-state index contributed by atoms with van der Waals surface area (Å²) < 4.78 is 80.3. The molecule has 4 rings (SSSR count). The summed E-state index contributed by atoms with van der Waals surface area (Å²) in [4.78, 5) is 30.3. The number of aromatic nitrogens is 3. The van der Waals surface area contributed by atoms with Crippen molar-refractivity contribution in [2.75, 3.05) is 13.1 Å². The Labute approximate surface area is 195 Å². The lowest BCUT2D eigenvalue weighted by Gasteiger charge is -2.31. The van der Waals surface area contributed by atoms with E-state index in [1.807, 2.05) is 0 Å². The van der Waals surface area contributed by atoms with Gasteiger partial charge in [-0.3, -0.25) is 9.59 Å². The van der Waals surface area contributed by atoms with E-state index in [2.05, 4.69) is 10.1 Å². The van der Waals surface area contributed by atoms with Gasteiger partial charge in [0.2, 0.25) is 0 Å². The zero-order chi connectivity index (χ0) is 25.4. The summed E-state index contributed by atoms with van der Waals surface area (Å²) in [6, 6.07) is 9.93. The monoisotopic (exact) mass is 496 g/mol. The number of hydrogen-bond acceptors (Lipinski definition) is 4. The molecule has 1 aliphatic heterocycles. The van der Waals surface area contributed by atoms with Crippen molar-refractivity contribution in [3.05, 3.63) is 77.2 Å². The van der Waals surface area contributed by atoms with Gasteiger partial charge in [0, 0.05) is 30.8 Å². The number of carbonyl (C=O) groups excluding carboxylic acids is 2. The number of piperidine rings is 1. The number of likely N-dealkylation sites (tertiary alicyclic amines) is 1. The SMILES string of the molecule is O=C(c1ccccc1)C1CCN(C(=O)c2cnn(-c3ccc(C(F)(F)F)cn3)c2C(F)(F)F)CC1. The van der Waals surface area contributed by atoms with Gasteiger partial charge in [0.05, 0.1) is 17.3 Å². The standard InChI is InChI=1S/C23H18F6N4O2/c24-22(25,26)16-6-7-18(30-12-16)33-20(23(27,28)29)17(13-31-33)21(35)32-10-8-15(9-11-32)19(34)14-4-2-1-3-5-14/h1-7,12-13,15H,8-11H2. The topological polar surface area (TPSA) is 68.1 Å². The molecule has 1 aliphatic rings. The Morgan fingerprint density at radius 3 is 2.06 bits per heavy atom. The lowest BCUT2D eigenvalue weighted by molar-refractivity contribution is -0.143. The van der Waals surface area contributed by atoms with Crippen molar-refractivity contribution in [3.63, 3.8) is 0 Å². The molecule has 0 unspecified atom stereocenters. The molecular formula is C23H18F6N4O2. The third-order valence-corrected chi connectivity index (χ3v) is 5.77. The number of Topliss-reactive ketones (excluding diaryl/α,β-unsaturated/α-hetero) is 1. The molecule has 3 heterocycles. The number of nitrogens with zero attached hydrogens (tertiary/aromatic N) is 4. The molecular weight excluding hydrogens is 478 g/mol. The lowest BCUT2D eigenvalue weighted by Crippen LogP contribution is -2.40. The summed E-state index contributed by atoms with van der Waals surface area (Å²) in [7, 11) is 0. The van der Waals surface area contributed by atoms with Gasteiger partial charge in [0.15, 0.2) is 17.3 Å². The molecule has 0 spiro atoms. The molecule has 6 nitrogen and oxygen atoms in total. The zero-order valence-corrected chi connectivity index (χ0v) is 18.0. The molecule has 3 aromatic rings. The smallest absolute Gasteiger partial charge is 0.338 e. The van der Waals surface area contributed by atoms with Crippen molar-refractivity contribution in [3.8, 4) is 5.82 Å². The largest absolute Gasteiger partial charge is 0.434 e. The molecule has 184 valence electrons. The molecule has 2 aromatic heterocycles. The van der Waals surface area contributed by atoms with Crippen molar-refractivity contribution in [1.29, 1.82) is 0 Å². The van der Waals surface area contributed by atoms with Crippen molar-refractivity contribution < 1.29 is 35.9 Å². The minimum absolute atomic E-state index is 0.0725. The molecule has 35 heavy (non-hydrogen) atoms. The van der Waals surface area contributed by atoms with Crippen LogP contribution in [-0.2, 0) is 12.4 Å². The number of amides is 1. The Kier molecular flexibility index (Phi) is 6.39. The van der Waals surface area contributed by atoms with E-state index in [1.54, 1.807) is 30.3 Å². The average molecular weight is 496 g/mol. The number of hydrogen-bond donors (Lipinski definition) is 0. The second-order valence-electron chi connectivity index (χ2n) is 8.02. The van der Waals surface area contributed by atoms with E-state index < -0.39 is 40.9 Å². The molecule has 0 saturated carbocycles. The molecule has 12 heteroatoms. The number of carbonyl (C=O) groups is 2. The van der Waals surface area contributed by atoms with Gasteiger partial charge in [-0.15, -0.1) is 0 Å². The summed E-state index contributed by atoms with van der Waals surface area (Å²) in [6.07, 6.45) is -8.05. The summed E-state index contributed by atoms with van der Waals surface area (Å²) in [5.41, 5.74) is -2.78. The number of ketones is 1. The van der Waals surface area contributed by atoms with Crippen molar-refractivity contribution in [2.24, 2.45) is 5.92 Å². The van der Waals surface area contributed by atoms with Gasteiger partial charge in [0.25, 0.3) is 5.91 Å². The van der Waals surface area contributed by atoms with Crippen LogP contribution in [-0.4, -0.2) is 44.4 Å². The second-order valence-corrected chi connectivity index (χ2v) is 8.02.